The van der Waals surface area contributed by atoms with Crippen LogP contribution in [0.1, 0.15) is 19.8 Å². The molecule has 15 heavy (non-hydrogen) atoms. The molecule has 1 aliphatic heterocycles. The SMILES string of the molecule is COC(=O)CN(C)C(=O)C1(C)CCCN1. The Bertz CT molecular complexity index is 259. The van der Waals surface area contributed by atoms with Crippen LogP contribution in [-0.4, -0.2) is 49.6 Å². The first-order chi connectivity index (χ1) is 6.99. The predicted molar refractivity (Wildman–Crippen MR) is 55.3 cm³/mol. The second kappa shape index (κ2) is 4.61. The molecular formula is C10H18N2O3. The number of amides is 1. The van der Waals surface area contributed by atoms with Gasteiger partial charge in [-0.1, -0.05) is 0 Å². The van der Waals surface area contributed by atoms with Crippen molar-refractivity contribution >= 4 is 11.9 Å². The topological polar surface area (TPSA) is 58.6 Å². The molecule has 0 radical (unpaired) electrons. The van der Waals surface area contributed by atoms with Gasteiger partial charge in [0.25, 0.3) is 0 Å². The largest absolute Gasteiger partial charge is 0.468 e. The molecule has 0 aromatic carbocycles. The number of nitrogens with one attached hydrogen (secondary N) is 1. The van der Waals surface area contributed by atoms with Crippen molar-refractivity contribution in [2.75, 3.05) is 27.2 Å². The Morgan fingerprint density at radius 3 is 2.67 bits per heavy atom. The van der Waals surface area contributed by atoms with E-state index < -0.39 is 11.5 Å². The summed E-state index contributed by atoms with van der Waals surface area (Å²) in [5.41, 5.74) is -0.511. The van der Waals surface area contributed by atoms with E-state index in [0.29, 0.717) is 0 Å². The van der Waals surface area contributed by atoms with E-state index >= 15 is 0 Å². The van der Waals surface area contributed by atoms with E-state index in [0.717, 1.165) is 19.4 Å². The van der Waals surface area contributed by atoms with Gasteiger partial charge in [-0.2, -0.15) is 0 Å². The van der Waals surface area contributed by atoms with Crippen LogP contribution in [0.5, 0.6) is 0 Å². The third-order valence-electron chi connectivity index (χ3n) is 2.78. The van der Waals surface area contributed by atoms with E-state index in [1.165, 1.54) is 12.0 Å². The quantitative estimate of drug-likeness (QED) is 0.659. The zero-order valence-corrected chi connectivity index (χ0v) is 9.50. The molecule has 1 N–H and O–H groups in total. The van der Waals surface area contributed by atoms with Gasteiger partial charge < -0.3 is 15.0 Å². The molecular weight excluding hydrogens is 196 g/mol. The monoisotopic (exact) mass is 214 g/mol. The summed E-state index contributed by atoms with van der Waals surface area (Å²) in [6, 6.07) is 0. The van der Waals surface area contributed by atoms with Crippen molar-refractivity contribution in [3.05, 3.63) is 0 Å². The van der Waals surface area contributed by atoms with Crippen molar-refractivity contribution in [1.29, 1.82) is 0 Å². The molecule has 1 amide bonds. The van der Waals surface area contributed by atoms with Gasteiger partial charge in [-0.05, 0) is 26.3 Å². The lowest BCUT2D eigenvalue weighted by Crippen LogP contribution is -2.52. The zero-order valence-electron chi connectivity index (χ0n) is 9.50. The molecule has 1 atom stereocenters. The van der Waals surface area contributed by atoms with Crippen molar-refractivity contribution in [3.8, 4) is 0 Å². The summed E-state index contributed by atoms with van der Waals surface area (Å²) in [7, 11) is 2.93. The number of methoxy groups -OCH3 is 1. The molecule has 0 aromatic rings. The van der Waals surface area contributed by atoms with Gasteiger partial charge >= 0.3 is 5.97 Å². The maximum Gasteiger partial charge on any atom is 0.325 e. The average Bonchev–Trinajstić information content (AvgIpc) is 2.65. The summed E-state index contributed by atoms with van der Waals surface area (Å²) in [6.07, 6.45) is 1.81. The summed E-state index contributed by atoms with van der Waals surface area (Å²) >= 11 is 0. The smallest absolute Gasteiger partial charge is 0.325 e. The molecule has 1 rings (SSSR count). The number of ether oxygens (including phenoxy) is 1. The Morgan fingerprint density at radius 2 is 2.20 bits per heavy atom. The van der Waals surface area contributed by atoms with E-state index in [1.54, 1.807) is 7.05 Å². The lowest BCUT2D eigenvalue weighted by atomic mass is 9.99. The molecule has 5 nitrogen and oxygen atoms in total. The first kappa shape index (κ1) is 12.0. The Labute approximate surface area is 89.8 Å². The number of esters is 1. The highest BCUT2D eigenvalue weighted by molar-refractivity contribution is 5.88. The normalized spacial score (nSPS) is 25.0. The van der Waals surface area contributed by atoms with Crippen molar-refractivity contribution in [1.82, 2.24) is 10.2 Å². The van der Waals surface area contributed by atoms with Crippen LogP contribution in [0.25, 0.3) is 0 Å². The predicted octanol–water partition coefficient (Wildman–Crippen LogP) is -0.240. The van der Waals surface area contributed by atoms with Crippen LogP contribution in [0, 0.1) is 0 Å². The van der Waals surface area contributed by atoms with Gasteiger partial charge in [0.05, 0.1) is 12.6 Å². The molecule has 0 bridgehead atoms. The molecule has 5 heteroatoms. The minimum absolute atomic E-state index is 0.00655. The minimum atomic E-state index is -0.511. The number of carbonyl (C=O) groups is 2. The summed E-state index contributed by atoms with van der Waals surface area (Å²) in [4.78, 5) is 24.4. The van der Waals surface area contributed by atoms with Crippen LogP contribution in [-0.2, 0) is 14.3 Å². The molecule has 0 saturated carbocycles. The Hall–Kier alpha value is -1.10. The third kappa shape index (κ3) is 2.68. The molecule has 1 heterocycles. The van der Waals surface area contributed by atoms with Crippen molar-refractivity contribution in [2.24, 2.45) is 0 Å². The lowest BCUT2D eigenvalue weighted by molar-refractivity contribution is -0.148. The van der Waals surface area contributed by atoms with Crippen LogP contribution in [0.15, 0.2) is 0 Å². The molecule has 1 aliphatic rings. The van der Waals surface area contributed by atoms with Crippen LogP contribution in [0.3, 0.4) is 0 Å². The first-order valence-corrected chi connectivity index (χ1v) is 5.07. The summed E-state index contributed by atoms with van der Waals surface area (Å²) in [5.74, 6) is -0.446. The van der Waals surface area contributed by atoms with Crippen molar-refractivity contribution < 1.29 is 14.3 Å². The van der Waals surface area contributed by atoms with Crippen molar-refractivity contribution in [3.63, 3.8) is 0 Å². The number of hydrogen-bond donors (Lipinski definition) is 1. The second-order valence-corrected chi connectivity index (χ2v) is 4.10. The Balaban J connectivity index is 2.55. The first-order valence-electron chi connectivity index (χ1n) is 5.07. The molecule has 1 fully saturated rings. The Morgan fingerprint density at radius 1 is 1.53 bits per heavy atom. The highest BCUT2D eigenvalue weighted by atomic mass is 16.5. The van der Waals surface area contributed by atoms with E-state index in [9.17, 15) is 9.59 Å². The number of hydrogen-bond acceptors (Lipinski definition) is 4. The molecule has 86 valence electrons. The maximum atomic E-state index is 12.0. The molecule has 0 aromatic heterocycles. The average molecular weight is 214 g/mol. The highest BCUT2D eigenvalue weighted by Crippen LogP contribution is 2.20. The van der Waals surface area contributed by atoms with Gasteiger partial charge in [0, 0.05) is 7.05 Å². The highest BCUT2D eigenvalue weighted by Gasteiger charge is 2.38. The fourth-order valence-corrected chi connectivity index (χ4v) is 1.83. The molecule has 0 spiro atoms. The minimum Gasteiger partial charge on any atom is -0.468 e. The van der Waals surface area contributed by atoms with Gasteiger partial charge in [-0.15, -0.1) is 0 Å². The summed E-state index contributed by atoms with van der Waals surface area (Å²) in [5, 5.41) is 3.16. The standard InChI is InChI=1S/C10H18N2O3/c1-10(5-4-6-11-10)9(14)12(2)7-8(13)15-3/h11H,4-7H2,1-3H3. The van der Waals surface area contributed by atoms with Crippen LogP contribution >= 0.6 is 0 Å². The van der Waals surface area contributed by atoms with Crippen LogP contribution in [0.4, 0.5) is 0 Å². The van der Waals surface area contributed by atoms with Crippen molar-refractivity contribution in [2.45, 2.75) is 25.3 Å². The fourth-order valence-electron chi connectivity index (χ4n) is 1.83. The summed E-state index contributed by atoms with van der Waals surface area (Å²) in [6.45, 7) is 2.73. The number of likely N-dealkylation sites (N-methyl/N-ethyl adjacent to an activating group) is 1. The van der Waals surface area contributed by atoms with E-state index in [2.05, 4.69) is 10.1 Å². The second-order valence-electron chi connectivity index (χ2n) is 4.10. The van der Waals surface area contributed by atoms with Crippen LogP contribution in [0.2, 0.25) is 0 Å². The fraction of sp³-hybridized carbons (Fsp3) is 0.800. The molecule has 1 saturated heterocycles. The van der Waals surface area contributed by atoms with E-state index in [1.807, 2.05) is 6.92 Å². The number of nitrogens with zero attached hydrogens (tertiary/aromatic N) is 1. The molecule has 1 unspecified atom stereocenters. The zero-order chi connectivity index (χ0) is 11.5. The summed E-state index contributed by atoms with van der Waals surface area (Å²) < 4.78 is 4.51. The number of carbonyl (C=O) groups excluding carboxylic acids is 2. The van der Waals surface area contributed by atoms with Gasteiger partial charge in [0.15, 0.2) is 0 Å². The lowest BCUT2D eigenvalue weighted by Gasteiger charge is -2.28. The number of rotatable bonds is 3. The van der Waals surface area contributed by atoms with Crippen LogP contribution < -0.4 is 5.32 Å². The molecule has 0 aliphatic carbocycles. The third-order valence-corrected chi connectivity index (χ3v) is 2.78. The maximum absolute atomic E-state index is 12.0. The van der Waals surface area contributed by atoms with E-state index in [-0.39, 0.29) is 12.5 Å². The van der Waals surface area contributed by atoms with E-state index in [4.69, 9.17) is 0 Å². The Kier molecular flexibility index (Phi) is 3.68. The van der Waals surface area contributed by atoms with Gasteiger partial charge in [0.1, 0.15) is 6.54 Å². The van der Waals surface area contributed by atoms with Gasteiger partial charge in [0.2, 0.25) is 5.91 Å². The van der Waals surface area contributed by atoms with Gasteiger partial charge in [-0.3, -0.25) is 9.59 Å². The van der Waals surface area contributed by atoms with Gasteiger partial charge in [-0.25, -0.2) is 0 Å².